The quantitative estimate of drug-likeness (QED) is 0.449. The van der Waals surface area contributed by atoms with E-state index in [1.54, 1.807) is 37.3 Å². The fourth-order valence-corrected chi connectivity index (χ4v) is 5.97. The lowest BCUT2D eigenvalue weighted by atomic mass is 10.0. The first-order valence-corrected chi connectivity index (χ1v) is 13.6. The van der Waals surface area contributed by atoms with Crippen LogP contribution in [0.2, 0.25) is 5.02 Å². The minimum atomic E-state index is -4.21. The van der Waals surface area contributed by atoms with Crippen molar-refractivity contribution in [3.8, 4) is 0 Å². The molecule has 0 unspecified atom stereocenters. The number of fused-ring (bicyclic) bond motifs is 1. The first-order valence-electron chi connectivity index (χ1n) is 11.7. The number of nitrogens with one attached hydrogen (secondary N) is 1. The monoisotopic (exact) mass is 539 g/mol. The summed E-state index contributed by atoms with van der Waals surface area (Å²) in [4.78, 5) is 41.1. The zero-order chi connectivity index (χ0) is 26.6. The summed E-state index contributed by atoms with van der Waals surface area (Å²) in [5.41, 5.74) is 1.41. The van der Waals surface area contributed by atoms with Gasteiger partial charge in [0.25, 0.3) is 15.9 Å². The summed E-state index contributed by atoms with van der Waals surface area (Å²) in [7, 11) is -4.21. The number of hydrogen-bond acceptors (Lipinski definition) is 5. The summed E-state index contributed by atoms with van der Waals surface area (Å²) in [5.74, 6) is -1.87. The molecule has 0 aromatic heterocycles. The second kappa shape index (κ2) is 11.1. The molecule has 0 saturated carbocycles. The highest BCUT2D eigenvalue weighted by Crippen LogP contribution is 2.30. The van der Waals surface area contributed by atoms with Crippen LogP contribution < -0.4 is 5.32 Å². The Balaban J connectivity index is 1.71. The van der Waals surface area contributed by atoms with Crippen LogP contribution in [0, 0.1) is 0 Å². The summed E-state index contributed by atoms with van der Waals surface area (Å²) >= 11 is 6.38. The molecule has 0 spiro atoms. The fourth-order valence-electron chi connectivity index (χ4n) is 4.26. The van der Waals surface area contributed by atoms with E-state index in [4.69, 9.17) is 11.6 Å². The van der Waals surface area contributed by atoms with Crippen LogP contribution in [0.4, 0.5) is 0 Å². The van der Waals surface area contributed by atoms with Crippen molar-refractivity contribution in [3.05, 3.63) is 101 Å². The maximum Gasteiger partial charge on any atom is 0.269 e. The molecular weight excluding hydrogens is 514 g/mol. The van der Waals surface area contributed by atoms with Gasteiger partial charge in [-0.15, -0.1) is 0 Å². The molecule has 0 bridgehead atoms. The summed E-state index contributed by atoms with van der Waals surface area (Å²) < 4.78 is 26.8. The summed E-state index contributed by atoms with van der Waals surface area (Å²) in [6.45, 7) is 1.31. The van der Waals surface area contributed by atoms with Crippen molar-refractivity contribution in [3.63, 3.8) is 0 Å². The van der Waals surface area contributed by atoms with Crippen molar-refractivity contribution in [1.82, 2.24) is 14.5 Å². The molecule has 0 radical (unpaired) electrons. The van der Waals surface area contributed by atoms with E-state index in [1.165, 1.54) is 23.1 Å². The van der Waals surface area contributed by atoms with Gasteiger partial charge in [-0.05, 0) is 36.2 Å². The zero-order valence-electron chi connectivity index (χ0n) is 20.1. The van der Waals surface area contributed by atoms with Gasteiger partial charge in [0.15, 0.2) is 0 Å². The number of rotatable bonds is 9. The molecule has 1 N–H and O–H groups in total. The van der Waals surface area contributed by atoms with Crippen molar-refractivity contribution < 1.29 is 22.8 Å². The minimum absolute atomic E-state index is 0.0116. The predicted molar refractivity (Wildman–Crippen MR) is 139 cm³/mol. The third kappa shape index (κ3) is 5.52. The van der Waals surface area contributed by atoms with E-state index in [2.05, 4.69) is 5.32 Å². The normalized spacial score (nSPS) is 14.6. The molecule has 192 valence electrons. The van der Waals surface area contributed by atoms with Crippen molar-refractivity contribution in [2.45, 2.75) is 30.8 Å². The number of halogens is 1. The van der Waals surface area contributed by atoms with Gasteiger partial charge in [0, 0.05) is 24.5 Å². The van der Waals surface area contributed by atoms with E-state index in [0.717, 1.165) is 5.56 Å². The number of benzene rings is 3. The van der Waals surface area contributed by atoms with Crippen LogP contribution in [-0.4, -0.2) is 54.5 Å². The highest BCUT2D eigenvalue weighted by atomic mass is 35.5. The Kier molecular flexibility index (Phi) is 7.94. The molecular formula is C27H26ClN3O5S. The Bertz CT molecular complexity index is 1430. The molecule has 3 aromatic rings. The van der Waals surface area contributed by atoms with E-state index in [-0.39, 0.29) is 23.4 Å². The Hall–Kier alpha value is -3.69. The first-order chi connectivity index (χ1) is 17.7. The molecule has 8 nitrogen and oxygen atoms in total. The lowest BCUT2D eigenvalue weighted by Gasteiger charge is -2.32. The Morgan fingerprint density at radius 1 is 0.973 bits per heavy atom. The van der Waals surface area contributed by atoms with Crippen LogP contribution in [0.3, 0.4) is 0 Å². The van der Waals surface area contributed by atoms with Crippen molar-refractivity contribution >= 4 is 39.3 Å². The highest BCUT2D eigenvalue weighted by molar-refractivity contribution is 7.90. The van der Waals surface area contributed by atoms with Gasteiger partial charge in [0.05, 0.1) is 5.56 Å². The fraction of sp³-hybridized carbons (Fsp3) is 0.222. The van der Waals surface area contributed by atoms with Crippen LogP contribution in [0.15, 0.2) is 83.8 Å². The van der Waals surface area contributed by atoms with Gasteiger partial charge >= 0.3 is 0 Å². The van der Waals surface area contributed by atoms with Crippen LogP contribution in [-0.2, 0) is 32.6 Å². The number of hydrogen-bond donors (Lipinski definition) is 1. The Morgan fingerprint density at radius 2 is 1.62 bits per heavy atom. The number of likely N-dealkylation sites (N-methyl/N-ethyl adjacent to an activating group) is 1. The van der Waals surface area contributed by atoms with Crippen molar-refractivity contribution in [2.75, 3.05) is 13.1 Å². The molecule has 0 saturated heterocycles. The number of sulfonamides is 1. The molecule has 37 heavy (non-hydrogen) atoms. The summed E-state index contributed by atoms with van der Waals surface area (Å²) in [5, 5.41) is 3.17. The highest BCUT2D eigenvalue weighted by Gasteiger charge is 2.43. The Labute approximate surface area is 220 Å². The van der Waals surface area contributed by atoms with E-state index >= 15 is 0 Å². The zero-order valence-corrected chi connectivity index (χ0v) is 21.7. The first kappa shape index (κ1) is 26.4. The third-order valence-corrected chi connectivity index (χ3v) is 8.27. The maximum atomic E-state index is 13.8. The molecule has 1 aliphatic heterocycles. The van der Waals surface area contributed by atoms with Crippen LogP contribution in [0.1, 0.15) is 28.4 Å². The van der Waals surface area contributed by atoms with Gasteiger partial charge in [-0.3, -0.25) is 14.4 Å². The second-order valence-corrected chi connectivity index (χ2v) is 10.8. The number of nitrogens with zero attached hydrogens (tertiary/aromatic N) is 2. The lowest BCUT2D eigenvalue weighted by molar-refractivity contribution is -0.141. The van der Waals surface area contributed by atoms with Gasteiger partial charge in [0.1, 0.15) is 17.5 Å². The van der Waals surface area contributed by atoms with E-state index in [0.29, 0.717) is 21.4 Å². The summed E-state index contributed by atoms with van der Waals surface area (Å²) in [6.07, 6.45) is 0.184. The number of carbonyl (C=O) groups excluding carboxylic acids is 3. The van der Waals surface area contributed by atoms with E-state index < -0.39 is 40.3 Å². The topological polar surface area (TPSA) is 104 Å². The van der Waals surface area contributed by atoms with Crippen LogP contribution >= 0.6 is 11.6 Å². The van der Waals surface area contributed by atoms with Crippen molar-refractivity contribution in [1.29, 1.82) is 0 Å². The summed E-state index contributed by atoms with van der Waals surface area (Å²) in [6, 6.07) is 20.9. The maximum absolute atomic E-state index is 13.8. The van der Waals surface area contributed by atoms with Crippen molar-refractivity contribution in [2.24, 2.45) is 0 Å². The van der Waals surface area contributed by atoms with Crippen LogP contribution in [0.5, 0.6) is 0 Å². The van der Waals surface area contributed by atoms with E-state index in [9.17, 15) is 22.8 Å². The largest absolute Gasteiger partial charge is 0.355 e. The predicted octanol–water partition coefficient (Wildman–Crippen LogP) is 3.26. The molecule has 3 aromatic carbocycles. The van der Waals surface area contributed by atoms with Gasteiger partial charge in [-0.1, -0.05) is 72.3 Å². The van der Waals surface area contributed by atoms with Gasteiger partial charge in [-0.2, -0.15) is 0 Å². The number of amides is 3. The minimum Gasteiger partial charge on any atom is -0.355 e. The third-order valence-electron chi connectivity index (χ3n) is 6.11. The molecule has 4 rings (SSSR count). The molecule has 0 fully saturated rings. The van der Waals surface area contributed by atoms with Gasteiger partial charge < -0.3 is 10.2 Å². The molecule has 1 heterocycles. The molecule has 1 atom stereocenters. The second-order valence-electron chi connectivity index (χ2n) is 8.53. The van der Waals surface area contributed by atoms with Crippen LogP contribution in [0.25, 0.3) is 0 Å². The average Bonchev–Trinajstić information content (AvgIpc) is 3.08. The Morgan fingerprint density at radius 3 is 2.30 bits per heavy atom. The van der Waals surface area contributed by atoms with Gasteiger partial charge in [0.2, 0.25) is 11.8 Å². The average molecular weight is 540 g/mol. The molecule has 3 amide bonds. The van der Waals surface area contributed by atoms with E-state index in [1.807, 2.05) is 30.3 Å². The smallest absolute Gasteiger partial charge is 0.269 e. The standard InChI is InChI=1S/C27H26ClN3O5S/c1-2-29-26(33)23(16-19-10-4-3-5-11-19)30(17-20-12-6-8-14-22(20)28)25(32)18-31-27(34)21-13-7-9-15-24(21)37(31,35)36/h3-15,23H,2,16-18H2,1H3,(H,29,33)/t23-/m1/s1. The molecule has 10 heteroatoms. The molecule has 0 aliphatic carbocycles. The molecule has 1 aliphatic rings. The van der Waals surface area contributed by atoms with Gasteiger partial charge in [-0.25, -0.2) is 12.7 Å². The number of carbonyl (C=O) groups is 3. The SMILES string of the molecule is CCNC(=O)[C@@H](Cc1ccccc1)N(Cc1ccccc1Cl)C(=O)CN1C(=O)c2ccccc2S1(=O)=O. The lowest BCUT2D eigenvalue weighted by Crippen LogP contribution is -2.53.